The Morgan fingerprint density at radius 1 is 1.05 bits per heavy atom. The molecule has 0 saturated carbocycles. The molecule has 2 aliphatic heterocycles. The first kappa shape index (κ1) is 39.7. The van der Waals surface area contributed by atoms with Gasteiger partial charge in [0.2, 0.25) is 11.8 Å². The smallest absolute Gasteiger partial charge is 0.410 e. The first-order valence-electron chi connectivity index (χ1n) is 18.4. The van der Waals surface area contributed by atoms with Crippen LogP contribution in [0.5, 0.6) is 5.88 Å². The van der Waals surface area contributed by atoms with Gasteiger partial charge in [-0.25, -0.2) is 14.3 Å². The van der Waals surface area contributed by atoms with Crippen molar-refractivity contribution in [1.82, 2.24) is 39.3 Å². The number of likely N-dealkylation sites (tertiary alicyclic amines) is 1. The van der Waals surface area contributed by atoms with Crippen LogP contribution < -0.4 is 15.6 Å². The number of pyridine rings is 2. The molecule has 298 valence electrons. The fourth-order valence-corrected chi connectivity index (χ4v) is 7.67. The van der Waals surface area contributed by atoms with E-state index in [1.165, 1.54) is 16.2 Å². The summed E-state index contributed by atoms with van der Waals surface area (Å²) in [5.74, 6) is -0.524. The summed E-state index contributed by atoms with van der Waals surface area (Å²) in [4.78, 5) is 62.7. The lowest BCUT2D eigenvalue weighted by Crippen LogP contribution is -2.50. The van der Waals surface area contributed by atoms with Crippen LogP contribution in [0.2, 0.25) is 10.0 Å². The van der Waals surface area contributed by atoms with Gasteiger partial charge in [-0.2, -0.15) is 5.10 Å². The highest BCUT2D eigenvalue weighted by atomic mass is 35.5. The van der Waals surface area contributed by atoms with E-state index >= 15 is 0 Å². The van der Waals surface area contributed by atoms with Gasteiger partial charge in [-0.3, -0.25) is 28.8 Å². The average Bonchev–Trinajstić information content (AvgIpc) is 3.76. The monoisotopic (exact) mass is 816 g/mol. The van der Waals surface area contributed by atoms with Gasteiger partial charge in [0.1, 0.15) is 16.9 Å². The Balaban J connectivity index is 1.16. The number of halogens is 2. The molecular weight excluding hydrogens is 775 g/mol. The SMILES string of the molecule is COc1nc(-c2cccc(-c3ccnc(-c4cc5c(=O)n(C)c(CN6CC(C(=O)O)C6)nn5c4)c3Cl)c2Cl)ccc1CN(CC1CCC(=O)N1)C(=O)OC(C)(C)C. The summed E-state index contributed by atoms with van der Waals surface area (Å²) in [6.45, 7) is 6.90. The fourth-order valence-electron chi connectivity index (χ4n) is 7.02. The molecule has 0 aliphatic carbocycles. The van der Waals surface area contributed by atoms with E-state index in [0.29, 0.717) is 98.9 Å². The van der Waals surface area contributed by atoms with Gasteiger partial charge >= 0.3 is 12.1 Å². The molecule has 7 rings (SSSR count). The highest BCUT2D eigenvalue weighted by Gasteiger charge is 2.33. The molecule has 5 aromatic rings. The van der Waals surface area contributed by atoms with Crippen LogP contribution in [0.4, 0.5) is 4.79 Å². The molecule has 1 unspecified atom stereocenters. The Kier molecular flexibility index (Phi) is 11.0. The quantitative estimate of drug-likeness (QED) is 0.168. The normalized spacial score (nSPS) is 16.1. The standard InChI is InChI=1S/C40H42Cl2N8O7/c1-40(2,3)57-39(55)49(20-25-10-12-32(51)44-25)18-22-9-11-29(45-36(22)56-5)28-8-6-7-26(33(28)41)27-13-14-43-35(34(27)42)23-15-30-37(52)47(4)31(46-50(30)19-23)21-48-16-24(17-48)38(53)54/h6-9,11,13-15,19,24-25H,10,12,16-18,20-21H2,1-5H3,(H,44,51)(H,53,54). The number of carbonyl (C=O) groups is 3. The molecule has 15 nitrogen and oxygen atoms in total. The molecule has 57 heavy (non-hydrogen) atoms. The number of aliphatic carboxylic acids is 1. The molecule has 2 N–H and O–H groups in total. The summed E-state index contributed by atoms with van der Waals surface area (Å²) in [6.07, 6.45) is 3.81. The van der Waals surface area contributed by atoms with E-state index in [4.69, 9.17) is 37.7 Å². The molecule has 6 heterocycles. The molecule has 1 atom stereocenters. The lowest BCUT2D eigenvalue weighted by atomic mass is 10.00. The summed E-state index contributed by atoms with van der Waals surface area (Å²) in [5, 5.41) is 17.5. The summed E-state index contributed by atoms with van der Waals surface area (Å²) in [6, 6.07) is 12.4. The van der Waals surface area contributed by atoms with E-state index in [1.807, 2.05) is 29.2 Å². The molecule has 0 radical (unpaired) electrons. The number of hydrogen-bond acceptors (Lipinski definition) is 10. The van der Waals surface area contributed by atoms with Crippen molar-refractivity contribution in [3.05, 3.63) is 86.6 Å². The van der Waals surface area contributed by atoms with Crippen LogP contribution in [0.3, 0.4) is 0 Å². The van der Waals surface area contributed by atoms with Crippen LogP contribution in [0.1, 0.15) is 45.0 Å². The Morgan fingerprint density at radius 3 is 2.47 bits per heavy atom. The second kappa shape index (κ2) is 15.8. The number of amides is 2. The number of rotatable bonds is 11. The van der Waals surface area contributed by atoms with Gasteiger partial charge in [0.15, 0.2) is 0 Å². The van der Waals surface area contributed by atoms with Gasteiger partial charge in [0.25, 0.3) is 5.56 Å². The Morgan fingerprint density at radius 2 is 1.79 bits per heavy atom. The van der Waals surface area contributed by atoms with Crippen molar-refractivity contribution in [2.24, 2.45) is 13.0 Å². The van der Waals surface area contributed by atoms with Crippen molar-refractivity contribution in [2.75, 3.05) is 26.7 Å². The molecule has 1 aromatic carbocycles. The van der Waals surface area contributed by atoms with Crippen molar-refractivity contribution in [3.63, 3.8) is 0 Å². The summed E-state index contributed by atoms with van der Waals surface area (Å²) >= 11 is 14.2. The van der Waals surface area contributed by atoms with Gasteiger partial charge in [0.05, 0.1) is 47.6 Å². The third-order valence-corrected chi connectivity index (χ3v) is 10.8. The minimum absolute atomic E-state index is 0.0496. The number of carboxylic acids is 1. The molecule has 0 bridgehead atoms. The third-order valence-electron chi connectivity index (χ3n) is 10.0. The number of carboxylic acid groups (broad SMARTS) is 1. The van der Waals surface area contributed by atoms with E-state index in [0.717, 1.165) is 0 Å². The zero-order valence-corrected chi connectivity index (χ0v) is 33.6. The second-order valence-electron chi connectivity index (χ2n) is 15.3. The Hall–Kier alpha value is -5.51. The first-order chi connectivity index (χ1) is 27.1. The minimum Gasteiger partial charge on any atom is -0.481 e. The zero-order valence-electron chi connectivity index (χ0n) is 32.1. The maximum Gasteiger partial charge on any atom is 0.410 e. The maximum absolute atomic E-state index is 13.4. The Labute approximate surface area is 338 Å². The third kappa shape index (κ3) is 8.31. The summed E-state index contributed by atoms with van der Waals surface area (Å²) < 4.78 is 14.4. The number of aromatic nitrogens is 5. The molecule has 0 spiro atoms. The number of fused-ring (bicyclic) bond motifs is 1. The number of ether oxygens (including phenoxy) is 2. The van der Waals surface area contributed by atoms with Crippen molar-refractivity contribution in [1.29, 1.82) is 0 Å². The lowest BCUT2D eigenvalue weighted by Gasteiger charge is -2.36. The van der Waals surface area contributed by atoms with Crippen LogP contribution >= 0.6 is 23.2 Å². The zero-order chi connectivity index (χ0) is 40.8. The topological polar surface area (TPSA) is 173 Å². The second-order valence-corrected chi connectivity index (χ2v) is 16.0. The van der Waals surface area contributed by atoms with Crippen molar-refractivity contribution in [2.45, 2.75) is 58.3 Å². The van der Waals surface area contributed by atoms with E-state index < -0.39 is 23.6 Å². The molecule has 2 amide bonds. The van der Waals surface area contributed by atoms with Gasteiger partial charge in [-0.15, -0.1) is 0 Å². The first-order valence-corrected chi connectivity index (χ1v) is 19.1. The van der Waals surface area contributed by atoms with Crippen LogP contribution in [0.15, 0.2) is 59.7 Å². The van der Waals surface area contributed by atoms with Crippen molar-refractivity contribution in [3.8, 4) is 39.5 Å². The van der Waals surface area contributed by atoms with E-state index in [1.54, 1.807) is 63.3 Å². The molecule has 4 aromatic heterocycles. The molecule has 2 aliphatic rings. The molecule has 2 fully saturated rings. The molecule has 17 heteroatoms. The number of hydrogen-bond donors (Lipinski definition) is 2. The molecule has 2 saturated heterocycles. The highest BCUT2D eigenvalue weighted by molar-refractivity contribution is 6.39. The number of benzene rings is 1. The van der Waals surface area contributed by atoms with Gasteiger partial charge in [-0.05, 0) is 51.5 Å². The van der Waals surface area contributed by atoms with Crippen LogP contribution in [0, 0.1) is 5.92 Å². The van der Waals surface area contributed by atoms with E-state index in [9.17, 15) is 24.3 Å². The number of carbonyl (C=O) groups excluding carboxylic acids is 2. The number of nitrogens with one attached hydrogen (secondary N) is 1. The van der Waals surface area contributed by atoms with Gasteiger partial charge in [0, 0.05) is 79.4 Å². The van der Waals surface area contributed by atoms with Gasteiger partial charge < -0.3 is 24.8 Å². The number of nitrogens with zero attached hydrogens (tertiary/aromatic N) is 7. The Bertz CT molecular complexity index is 2460. The maximum atomic E-state index is 13.4. The number of methoxy groups -OCH3 is 1. The fraction of sp³-hybridized carbons (Fsp3) is 0.375. The highest BCUT2D eigenvalue weighted by Crippen LogP contribution is 2.42. The van der Waals surface area contributed by atoms with Crippen LogP contribution in [-0.2, 0) is 34.5 Å². The predicted octanol–water partition coefficient (Wildman–Crippen LogP) is 5.67. The lowest BCUT2D eigenvalue weighted by molar-refractivity contribution is -0.147. The van der Waals surface area contributed by atoms with Crippen molar-refractivity contribution < 1.29 is 29.0 Å². The molecular formula is C40H42Cl2N8O7. The summed E-state index contributed by atoms with van der Waals surface area (Å²) in [5.41, 5.74) is 3.33. The van der Waals surface area contributed by atoms with Crippen LogP contribution in [0.25, 0.3) is 39.2 Å². The van der Waals surface area contributed by atoms with E-state index in [-0.39, 0.29) is 30.6 Å². The van der Waals surface area contributed by atoms with Crippen molar-refractivity contribution >= 4 is 46.7 Å². The van der Waals surface area contributed by atoms with Crippen LogP contribution in [-0.4, -0.2) is 95.4 Å². The predicted molar refractivity (Wildman–Crippen MR) is 213 cm³/mol. The van der Waals surface area contributed by atoms with E-state index in [2.05, 4.69) is 15.4 Å². The summed E-state index contributed by atoms with van der Waals surface area (Å²) in [7, 11) is 3.14. The van der Waals surface area contributed by atoms with Gasteiger partial charge in [-0.1, -0.05) is 41.4 Å². The average molecular weight is 818 g/mol. The minimum atomic E-state index is -0.835. The largest absolute Gasteiger partial charge is 0.481 e.